The maximum absolute atomic E-state index is 14.0. The Morgan fingerprint density at radius 2 is 1.85 bits per heavy atom. The van der Waals surface area contributed by atoms with Crippen LogP contribution in [0.2, 0.25) is 0 Å². The van der Waals surface area contributed by atoms with E-state index in [2.05, 4.69) is 27.7 Å². The van der Waals surface area contributed by atoms with Crippen molar-refractivity contribution in [3.63, 3.8) is 0 Å². The zero-order valence-corrected chi connectivity index (χ0v) is 13.2. The summed E-state index contributed by atoms with van der Waals surface area (Å²) in [6.45, 7) is 10.8. The number of amides is 1. The first kappa shape index (κ1) is 16.7. The van der Waals surface area contributed by atoms with Gasteiger partial charge in [-0.05, 0) is 43.4 Å². The van der Waals surface area contributed by atoms with Crippen molar-refractivity contribution in [2.45, 2.75) is 53.5 Å². The van der Waals surface area contributed by atoms with Crippen LogP contribution in [0.4, 0.5) is 4.39 Å². The number of nitrogens with zero attached hydrogens (tertiary/aromatic N) is 1. The van der Waals surface area contributed by atoms with Gasteiger partial charge in [-0.3, -0.25) is 4.79 Å². The van der Waals surface area contributed by atoms with Crippen LogP contribution in [0.1, 0.15) is 56.5 Å². The molecule has 2 nitrogen and oxygen atoms in total. The lowest BCUT2D eigenvalue weighted by Gasteiger charge is -2.32. The van der Waals surface area contributed by atoms with Crippen molar-refractivity contribution in [1.82, 2.24) is 4.90 Å². The summed E-state index contributed by atoms with van der Waals surface area (Å²) in [5, 5.41) is 0. The van der Waals surface area contributed by atoms with Gasteiger partial charge in [-0.1, -0.05) is 33.8 Å². The van der Waals surface area contributed by atoms with E-state index >= 15 is 0 Å². The SMILES string of the molecule is CCC(CC)N(CC(C)C)C(=O)c1ccc(C)cc1F. The summed E-state index contributed by atoms with van der Waals surface area (Å²) < 4.78 is 14.0. The zero-order valence-electron chi connectivity index (χ0n) is 13.2. The maximum atomic E-state index is 14.0. The number of carbonyl (C=O) groups excluding carboxylic acids is 1. The van der Waals surface area contributed by atoms with Gasteiger partial charge < -0.3 is 4.90 Å². The number of halogens is 1. The van der Waals surface area contributed by atoms with Crippen molar-refractivity contribution in [3.05, 3.63) is 35.1 Å². The average Bonchev–Trinajstić information content (AvgIpc) is 2.37. The fourth-order valence-corrected chi connectivity index (χ4v) is 2.47. The molecule has 0 fully saturated rings. The average molecular weight is 279 g/mol. The van der Waals surface area contributed by atoms with Gasteiger partial charge in [0.05, 0.1) is 5.56 Å². The van der Waals surface area contributed by atoms with Crippen molar-refractivity contribution >= 4 is 5.91 Å². The van der Waals surface area contributed by atoms with Gasteiger partial charge in [0.15, 0.2) is 0 Å². The lowest BCUT2D eigenvalue weighted by Crippen LogP contribution is -2.42. The van der Waals surface area contributed by atoms with Gasteiger partial charge in [-0.25, -0.2) is 4.39 Å². The van der Waals surface area contributed by atoms with Gasteiger partial charge in [-0.2, -0.15) is 0 Å². The topological polar surface area (TPSA) is 20.3 Å². The molecule has 0 radical (unpaired) electrons. The van der Waals surface area contributed by atoms with Crippen molar-refractivity contribution in [3.8, 4) is 0 Å². The highest BCUT2D eigenvalue weighted by Crippen LogP contribution is 2.18. The van der Waals surface area contributed by atoms with Crippen LogP contribution in [0, 0.1) is 18.7 Å². The standard InChI is InChI=1S/C17H26FNO/c1-6-14(7-2)19(11-12(3)4)17(20)15-9-8-13(5)10-16(15)18/h8-10,12,14H,6-7,11H2,1-5H3. The summed E-state index contributed by atoms with van der Waals surface area (Å²) in [6.07, 6.45) is 1.78. The Labute approximate surface area is 122 Å². The number of carbonyl (C=O) groups is 1. The van der Waals surface area contributed by atoms with Gasteiger partial charge in [0, 0.05) is 12.6 Å². The molecule has 0 spiro atoms. The fourth-order valence-electron chi connectivity index (χ4n) is 2.47. The molecule has 3 heteroatoms. The second-order valence-corrected chi connectivity index (χ2v) is 5.80. The lowest BCUT2D eigenvalue weighted by atomic mass is 10.0. The molecule has 1 amide bonds. The van der Waals surface area contributed by atoms with E-state index < -0.39 is 5.82 Å². The highest BCUT2D eigenvalue weighted by atomic mass is 19.1. The number of aryl methyl sites for hydroxylation is 1. The Hall–Kier alpha value is -1.38. The molecular formula is C17H26FNO. The molecule has 0 heterocycles. The van der Waals surface area contributed by atoms with Crippen LogP contribution in [0.3, 0.4) is 0 Å². The molecule has 1 aromatic rings. The van der Waals surface area contributed by atoms with E-state index in [4.69, 9.17) is 0 Å². The van der Waals surface area contributed by atoms with E-state index in [-0.39, 0.29) is 17.5 Å². The minimum absolute atomic E-state index is 0.172. The van der Waals surface area contributed by atoms with Crippen molar-refractivity contribution in [2.75, 3.05) is 6.54 Å². The van der Waals surface area contributed by atoms with Crippen LogP contribution in [-0.4, -0.2) is 23.4 Å². The summed E-state index contributed by atoms with van der Waals surface area (Å²) in [5.74, 6) is -0.243. The molecule has 1 rings (SSSR count). The second kappa shape index (κ2) is 7.41. The van der Waals surface area contributed by atoms with E-state index in [1.807, 2.05) is 11.8 Å². The molecular weight excluding hydrogens is 253 g/mol. The predicted molar refractivity (Wildman–Crippen MR) is 81.4 cm³/mol. The van der Waals surface area contributed by atoms with E-state index in [9.17, 15) is 9.18 Å². The van der Waals surface area contributed by atoms with Gasteiger partial charge in [0.1, 0.15) is 5.82 Å². The Morgan fingerprint density at radius 3 is 2.30 bits per heavy atom. The molecule has 112 valence electrons. The first-order valence-corrected chi connectivity index (χ1v) is 7.47. The molecule has 0 unspecified atom stereocenters. The third kappa shape index (κ3) is 4.06. The Morgan fingerprint density at radius 1 is 1.25 bits per heavy atom. The summed E-state index contributed by atoms with van der Waals surface area (Å²) in [6, 6.07) is 4.98. The van der Waals surface area contributed by atoms with Crippen molar-refractivity contribution < 1.29 is 9.18 Å². The molecule has 0 aliphatic heterocycles. The molecule has 0 aliphatic carbocycles. The van der Waals surface area contributed by atoms with Gasteiger partial charge in [0.25, 0.3) is 5.91 Å². The van der Waals surface area contributed by atoms with Gasteiger partial charge in [0.2, 0.25) is 0 Å². The predicted octanol–water partition coefficient (Wildman–Crippen LogP) is 4.42. The molecule has 0 saturated heterocycles. The van der Waals surface area contributed by atoms with Crippen LogP contribution < -0.4 is 0 Å². The van der Waals surface area contributed by atoms with Crippen LogP contribution >= 0.6 is 0 Å². The first-order valence-electron chi connectivity index (χ1n) is 7.47. The lowest BCUT2D eigenvalue weighted by molar-refractivity contribution is 0.0635. The number of benzene rings is 1. The molecule has 1 aromatic carbocycles. The van der Waals surface area contributed by atoms with Crippen LogP contribution in [0.25, 0.3) is 0 Å². The molecule has 0 N–H and O–H groups in total. The molecule has 0 aliphatic rings. The normalized spacial score (nSPS) is 11.2. The Balaban J connectivity index is 3.09. The fraction of sp³-hybridized carbons (Fsp3) is 0.588. The zero-order chi connectivity index (χ0) is 15.3. The van der Waals surface area contributed by atoms with E-state index in [1.54, 1.807) is 12.1 Å². The molecule has 20 heavy (non-hydrogen) atoms. The smallest absolute Gasteiger partial charge is 0.257 e. The third-order valence-corrected chi connectivity index (χ3v) is 3.56. The quantitative estimate of drug-likeness (QED) is 0.754. The molecule has 0 bridgehead atoms. The summed E-state index contributed by atoms with van der Waals surface area (Å²) in [5.41, 5.74) is 1.01. The largest absolute Gasteiger partial charge is 0.335 e. The first-order chi connectivity index (χ1) is 9.40. The molecule has 0 saturated carbocycles. The van der Waals surface area contributed by atoms with Gasteiger partial charge >= 0.3 is 0 Å². The summed E-state index contributed by atoms with van der Waals surface area (Å²) >= 11 is 0. The van der Waals surface area contributed by atoms with Gasteiger partial charge in [-0.15, -0.1) is 0 Å². The number of rotatable bonds is 6. The van der Waals surface area contributed by atoms with Crippen LogP contribution in [0.5, 0.6) is 0 Å². The van der Waals surface area contributed by atoms with E-state index in [0.717, 1.165) is 18.4 Å². The summed E-state index contributed by atoms with van der Waals surface area (Å²) in [7, 11) is 0. The summed E-state index contributed by atoms with van der Waals surface area (Å²) in [4.78, 5) is 14.5. The van der Waals surface area contributed by atoms with Crippen molar-refractivity contribution in [2.24, 2.45) is 5.92 Å². The second-order valence-electron chi connectivity index (χ2n) is 5.80. The highest BCUT2D eigenvalue weighted by molar-refractivity contribution is 5.94. The Bertz CT molecular complexity index is 452. The highest BCUT2D eigenvalue weighted by Gasteiger charge is 2.25. The molecule has 0 aromatic heterocycles. The minimum Gasteiger partial charge on any atom is -0.335 e. The van der Waals surface area contributed by atoms with E-state index in [1.165, 1.54) is 6.07 Å². The number of hydrogen-bond donors (Lipinski definition) is 0. The maximum Gasteiger partial charge on any atom is 0.257 e. The minimum atomic E-state index is -0.422. The third-order valence-electron chi connectivity index (χ3n) is 3.56. The molecule has 0 atom stereocenters. The Kier molecular flexibility index (Phi) is 6.18. The van der Waals surface area contributed by atoms with E-state index in [0.29, 0.717) is 12.5 Å². The van der Waals surface area contributed by atoms with Crippen molar-refractivity contribution in [1.29, 1.82) is 0 Å². The van der Waals surface area contributed by atoms with Crippen LogP contribution in [0.15, 0.2) is 18.2 Å². The monoisotopic (exact) mass is 279 g/mol. The van der Waals surface area contributed by atoms with Crippen LogP contribution in [-0.2, 0) is 0 Å². The number of hydrogen-bond acceptors (Lipinski definition) is 1.